The van der Waals surface area contributed by atoms with Crippen LogP contribution in [0.5, 0.6) is 0 Å². The number of aromatic nitrogens is 6. The highest BCUT2D eigenvalue weighted by molar-refractivity contribution is 8.09. The predicted molar refractivity (Wildman–Crippen MR) is 216 cm³/mol. The van der Waals surface area contributed by atoms with Crippen molar-refractivity contribution < 1.29 is 8.42 Å². The van der Waals surface area contributed by atoms with Gasteiger partial charge in [-0.2, -0.15) is 0 Å². The Morgan fingerprint density at radius 1 is 0.611 bits per heavy atom. The molecule has 0 saturated carbocycles. The number of nitrogens with zero attached hydrogens (tertiary/aromatic N) is 10. The van der Waals surface area contributed by atoms with E-state index in [1.54, 1.807) is 22.7 Å². The quantitative estimate of drug-likeness (QED) is 0.165. The molecule has 54 heavy (non-hydrogen) atoms. The lowest BCUT2D eigenvalue weighted by Gasteiger charge is -2.38. The molecule has 0 amide bonds. The minimum Gasteiger partial charge on any atom is -0.338 e. The van der Waals surface area contributed by atoms with E-state index in [1.165, 1.54) is 51.6 Å². The molecule has 14 nitrogen and oxygen atoms in total. The third-order valence-electron chi connectivity index (χ3n) is 10.6. The van der Waals surface area contributed by atoms with Crippen molar-refractivity contribution in [2.45, 2.75) is 35.4 Å². The van der Waals surface area contributed by atoms with Crippen LogP contribution in [0, 0.1) is 9.56 Å². The molecule has 0 radical (unpaired) electrons. The number of anilines is 2. The maximum Gasteiger partial charge on any atom is 0.225 e. The molecule has 282 valence electrons. The first-order valence-corrected chi connectivity index (χ1v) is 23.2. The summed E-state index contributed by atoms with van der Waals surface area (Å²) in [6.45, 7) is 10.5. The van der Waals surface area contributed by atoms with Gasteiger partial charge in [-0.3, -0.25) is 14.6 Å². The minimum absolute atomic E-state index is 0.0195. The molecule has 1 unspecified atom stereocenters. The summed E-state index contributed by atoms with van der Waals surface area (Å²) >= 11 is 3.29. The topological polar surface area (TPSA) is 172 Å². The number of hydrogen-bond donors (Lipinski definition) is 2. The summed E-state index contributed by atoms with van der Waals surface area (Å²) in [6, 6.07) is 13.4. The summed E-state index contributed by atoms with van der Waals surface area (Å²) in [7, 11) is -7.37. The van der Waals surface area contributed by atoms with Gasteiger partial charge in [-0.05, 0) is 49.2 Å². The van der Waals surface area contributed by atoms with Crippen LogP contribution in [0.4, 0.5) is 11.9 Å². The van der Waals surface area contributed by atoms with E-state index in [0.29, 0.717) is 38.1 Å². The first-order chi connectivity index (χ1) is 26.0. The molecule has 0 bridgehead atoms. The number of nitrogens with one attached hydrogen (secondary N) is 2. The largest absolute Gasteiger partial charge is 0.338 e. The van der Waals surface area contributed by atoms with Crippen LogP contribution in [0.15, 0.2) is 77.1 Å². The SMILES string of the molecule is C[C@@H](c1ccc2scnc2c1)N1CCN(c2ncc(C([S@@](C)(=N)=O)[S@](=N)(=O)c3cnc(N4CCN([C@@H](C)c5ccc6scnc6c5)CC4)nc3)cn2)CC1. The highest BCUT2D eigenvalue weighted by Gasteiger charge is 2.35. The zero-order valence-corrected chi connectivity index (χ0v) is 33.5. The second-order valence-electron chi connectivity index (χ2n) is 13.9. The molecule has 0 spiro atoms. The van der Waals surface area contributed by atoms with Crippen LogP contribution in [-0.2, 0) is 19.5 Å². The summed E-state index contributed by atoms with van der Waals surface area (Å²) in [5, 5.41) is 0. The Bertz CT molecular complexity index is 2470. The van der Waals surface area contributed by atoms with Gasteiger partial charge in [-0.15, -0.1) is 22.7 Å². The molecular formula is C36H42N12O2S4. The summed E-state index contributed by atoms with van der Waals surface area (Å²) < 4.78 is 45.9. The van der Waals surface area contributed by atoms with Gasteiger partial charge in [0.25, 0.3) is 0 Å². The number of fused-ring (bicyclic) bond motifs is 2. The average Bonchev–Trinajstić information content (AvgIpc) is 3.86. The molecular weight excluding hydrogens is 761 g/mol. The van der Waals surface area contributed by atoms with Gasteiger partial charge >= 0.3 is 0 Å². The summed E-state index contributed by atoms with van der Waals surface area (Å²) in [4.78, 5) is 36.1. The van der Waals surface area contributed by atoms with E-state index in [4.69, 9.17) is 9.56 Å². The maximum absolute atomic E-state index is 14.2. The summed E-state index contributed by atoms with van der Waals surface area (Å²) in [5.41, 5.74) is 8.48. The summed E-state index contributed by atoms with van der Waals surface area (Å²) in [5.74, 6) is 0.980. The third-order valence-corrected chi connectivity index (χ3v) is 17.0. The Morgan fingerprint density at radius 3 is 1.46 bits per heavy atom. The van der Waals surface area contributed by atoms with Crippen molar-refractivity contribution in [3.8, 4) is 0 Å². The molecule has 8 rings (SSSR count). The fourth-order valence-corrected chi connectivity index (χ4v) is 12.9. The molecule has 18 heteroatoms. The molecule has 2 aliphatic rings. The number of thiazole rings is 2. The Hall–Kier alpha value is -4.20. The third kappa shape index (κ3) is 7.29. The van der Waals surface area contributed by atoms with Crippen molar-refractivity contribution in [1.82, 2.24) is 39.7 Å². The molecule has 0 aliphatic carbocycles. The van der Waals surface area contributed by atoms with E-state index in [2.05, 4.69) is 99.7 Å². The van der Waals surface area contributed by atoms with Crippen molar-refractivity contribution in [1.29, 1.82) is 9.56 Å². The molecule has 6 heterocycles. The van der Waals surface area contributed by atoms with Gasteiger partial charge in [-0.1, -0.05) is 12.1 Å². The fraction of sp³-hybridized carbons (Fsp3) is 0.389. The average molecular weight is 803 g/mol. The van der Waals surface area contributed by atoms with Crippen LogP contribution in [0.3, 0.4) is 0 Å². The zero-order valence-electron chi connectivity index (χ0n) is 30.2. The maximum atomic E-state index is 14.2. The van der Waals surface area contributed by atoms with Crippen LogP contribution < -0.4 is 9.80 Å². The predicted octanol–water partition coefficient (Wildman–Crippen LogP) is 6.03. The molecule has 2 saturated heterocycles. The molecule has 5 atom stereocenters. The Kier molecular flexibility index (Phi) is 10.1. The molecule has 2 aromatic carbocycles. The van der Waals surface area contributed by atoms with Gasteiger partial charge in [0, 0.05) is 101 Å². The number of benzene rings is 2. The van der Waals surface area contributed by atoms with Gasteiger partial charge in [-0.25, -0.2) is 43.1 Å². The second kappa shape index (κ2) is 14.8. The Morgan fingerprint density at radius 2 is 1.04 bits per heavy atom. The highest BCUT2D eigenvalue weighted by atomic mass is 32.3. The highest BCUT2D eigenvalue weighted by Crippen LogP contribution is 2.35. The molecule has 6 aromatic rings. The van der Waals surface area contributed by atoms with Gasteiger partial charge in [0.1, 0.15) is 0 Å². The first-order valence-electron chi connectivity index (χ1n) is 17.7. The number of rotatable bonds is 10. The van der Waals surface area contributed by atoms with Crippen molar-refractivity contribution in [3.05, 3.63) is 88.9 Å². The molecule has 4 aromatic heterocycles. The van der Waals surface area contributed by atoms with Crippen molar-refractivity contribution in [2.75, 3.05) is 68.4 Å². The van der Waals surface area contributed by atoms with Gasteiger partial charge in [0.2, 0.25) is 11.9 Å². The Labute approximate surface area is 323 Å². The van der Waals surface area contributed by atoms with E-state index in [-0.39, 0.29) is 22.5 Å². The van der Waals surface area contributed by atoms with E-state index in [9.17, 15) is 8.42 Å². The van der Waals surface area contributed by atoms with Crippen LogP contribution in [-0.4, -0.2) is 107 Å². The molecule has 2 aliphatic heterocycles. The van der Waals surface area contributed by atoms with E-state index in [0.717, 1.165) is 37.2 Å². The number of hydrogen-bond acceptors (Lipinski definition) is 16. The second-order valence-corrected chi connectivity index (χ2v) is 20.4. The van der Waals surface area contributed by atoms with Gasteiger partial charge < -0.3 is 9.80 Å². The standard InChI is InChI=1S/C36H42N12O2S4/c1-24(26-4-6-32-30(16-26)43-22-51-32)45-8-12-47(13-9-45)35-39-18-28(19-40-35)34(53(3,37)49)54(38,50)29-20-41-36(42-21-29)48-14-10-46(11-15-48)25(2)27-5-7-33-31(17-27)44-23-52-33/h4-7,16-25,34,37-38H,8-15H2,1-3H3/t24-,25-,34?,53-,54+/m0/s1. The van der Waals surface area contributed by atoms with Crippen LogP contribution in [0.25, 0.3) is 20.4 Å². The minimum atomic E-state index is -3.84. The van der Waals surface area contributed by atoms with Gasteiger partial charge in [0.05, 0.1) is 55.8 Å². The van der Waals surface area contributed by atoms with Crippen LogP contribution in [0.1, 0.15) is 47.2 Å². The van der Waals surface area contributed by atoms with Gasteiger partial charge in [0.15, 0.2) is 4.58 Å². The van der Waals surface area contributed by atoms with Crippen molar-refractivity contribution in [2.24, 2.45) is 0 Å². The lowest BCUT2D eigenvalue weighted by atomic mass is 10.1. The first kappa shape index (κ1) is 36.8. The van der Waals surface area contributed by atoms with Crippen molar-refractivity contribution >= 4 is 74.5 Å². The lowest BCUT2D eigenvalue weighted by Crippen LogP contribution is -2.47. The molecule has 2 N–H and O–H groups in total. The van der Waals surface area contributed by atoms with E-state index >= 15 is 0 Å². The van der Waals surface area contributed by atoms with Crippen LogP contribution >= 0.6 is 22.7 Å². The fourth-order valence-electron chi connectivity index (χ4n) is 7.39. The van der Waals surface area contributed by atoms with E-state index in [1.807, 2.05) is 11.0 Å². The Balaban J connectivity index is 0.903. The number of piperazine rings is 2. The van der Waals surface area contributed by atoms with E-state index < -0.39 is 24.0 Å². The van der Waals surface area contributed by atoms with Crippen molar-refractivity contribution in [3.63, 3.8) is 0 Å². The smallest absolute Gasteiger partial charge is 0.225 e. The lowest BCUT2D eigenvalue weighted by molar-refractivity contribution is 0.198. The zero-order chi connectivity index (χ0) is 37.6. The summed E-state index contributed by atoms with van der Waals surface area (Å²) in [6.07, 6.45) is 6.87. The molecule has 2 fully saturated rings. The monoisotopic (exact) mass is 802 g/mol. The normalized spacial score (nSPS) is 20.1. The van der Waals surface area contributed by atoms with Crippen LogP contribution in [0.2, 0.25) is 0 Å².